The van der Waals surface area contributed by atoms with Crippen LogP contribution in [-0.4, -0.2) is 35.5 Å². The fraction of sp³-hybridized carbons (Fsp3) is 0.400. The smallest absolute Gasteiger partial charge is 1.00 e. The quantitative estimate of drug-likeness (QED) is 0.280. The summed E-state index contributed by atoms with van der Waals surface area (Å²) in [7, 11) is 0. The molecule has 0 bridgehead atoms. The van der Waals surface area contributed by atoms with Gasteiger partial charge in [0.1, 0.15) is 0 Å². The Labute approximate surface area is 116 Å². The number of hydrogen-bond acceptors (Lipinski definition) is 4. The fourth-order valence-corrected chi connectivity index (χ4v) is 0.572. The molecule has 0 aromatic rings. The number of ketones is 2. The van der Waals surface area contributed by atoms with Gasteiger partial charge in [-0.15, -0.1) is 11.5 Å². The van der Waals surface area contributed by atoms with E-state index < -0.39 is 0 Å². The molecule has 0 heterocycles. The van der Waals surface area contributed by atoms with Crippen molar-refractivity contribution in [2.75, 3.05) is 0 Å². The third kappa shape index (κ3) is 51.5. The minimum atomic E-state index is -0.187. The first kappa shape index (κ1) is 29.8. The van der Waals surface area contributed by atoms with Gasteiger partial charge >= 0.3 is 23.9 Å². The molecule has 0 aliphatic rings. The summed E-state index contributed by atoms with van der Waals surface area (Å²) in [4.78, 5) is 20.0. The minimum absolute atomic E-state index is 0. The molecule has 0 fully saturated rings. The van der Waals surface area contributed by atoms with Crippen LogP contribution in [0, 0.1) is 0 Å². The number of allylic oxidation sites excluding steroid dienone is 4. The third-order valence-electron chi connectivity index (χ3n) is 0.813. The van der Waals surface area contributed by atoms with E-state index in [2.05, 4.69) is 0 Å². The standard InChI is InChI=1S/2C5H8O2.2FH.Sn/c2*1-4(6)3-5(2)7;;;/h2*3,6H,1-2H3;2*1H;/q;;;;+4/p-4/b2*4-3-;;;. The predicted octanol–water partition coefficient (Wildman–Crippen LogP) is -6.69. The SMILES string of the molecule is CC(=O)/C=C(/C)[O-].CC(=O)/C=C(/C)[O-].[F-].[F-].[Sn+4]. The zero-order valence-corrected chi connectivity index (χ0v) is 12.9. The van der Waals surface area contributed by atoms with Gasteiger partial charge in [0.15, 0.2) is 11.6 Å². The molecule has 0 spiro atoms. The molecule has 0 N–H and O–H groups in total. The van der Waals surface area contributed by atoms with Crippen LogP contribution in [0.1, 0.15) is 27.7 Å². The first-order valence-corrected chi connectivity index (χ1v) is 3.97. The Kier molecular flexibility index (Phi) is 30.6. The van der Waals surface area contributed by atoms with Crippen molar-refractivity contribution in [3.8, 4) is 0 Å². The number of hydrogen-bond donors (Lipinski definition) is 0. The van der Waals surface area contributed by atoms with Gasteiger partial charge in [0.25, 0.3) is 0 Å². The van der Waals surface area contributed by atoms with Crippen molar-refractivity contribution in [2.24, 2.45) is 0 Å². The van der Waals surface area contributed by atoms with Crippen LogP contribution in [0.2, 0.25) is 0 Å². The zero-order chi connectivity index (χ0) is 11.7. The summed E-state index contributed by atoms with van der Waals surface area (Å²) in [6.45, 7) is 5.39. The van der Waals surface area contributed by atoms with E-state index in [1.807, 2.05) is 0 Å². The van der Waals surface area contributed by atoms with E-state index in [1.165, 1.54) is 27.7 Å². The Bertz CT molecular complexity index is 239. The monoisotopic (exact) mass is 356 g/mol. The number of halogens is 2. The molecule has 0 rings (SSSR count). The van der Waals surface area contributed by atoms with Crippen molar-refractivity contribution < 1.29 is 29.2 Å². The van der Waals surface area contributed by atoms with Crippen LogP contribution in [0.25, 0.3) is 0 Å². The minimum Gasteiger partial charge on any atom is -1.00 e. The van der Waals surface area contributed by atoms with E-state index in [-0.39, 0.29) is 56.4 Å². The van der Waals surface area contributed by atoms with Gasteiger partial charge in [-0.25, -0.2) is 0 Å². The first-order chi connectivity index (χ1) is 6.25. The van der Waals surface area contributed by atoms with Gasteiger partial charge in [-0.2, -0.15) is 0 Å². The largest absolute Gasteiger partial charge is 4.00 e. The molecule has 0 aromatic carbocycles. The summed E-state index contributed by atoms with van der Waals surface area (Å²) >= 11 is 0. The molecule has 0 aromatic heterocycles. The summed E-state index contributed by atoms with van der Waals surface area (Å²) < 4.78 is 0. The maximum atomic E-state index is 9.98. The van der Waals surface area contributed by atoms with Gasteiger partial charge in [0, 0.05) is 0 Å². The van der Waals surface area contributed by atoms with Crippen LogP contribution in [0.4, 0.5) is 0 Å². The van der Waals surface area contributed by atoms with Crippen LogP contribution in [-0.2, 0) is 9.59 Å². The topological polar surface area (TPSA) is 80.3 Å². The summed E-state index contributed by atoms with van der Waals surface area (Å²) in [5, 5.41) is 20.0. The van der Waals surface area contributed by atoms with Crippen molar-refractivity contribution in [1.29, 1.82) is 0 Å². The third-order valence-corrected chi connectivity index (χ3v) is 0.813. The van der Waals surface area contributed by atoms with Gasteiger partial charge in [-0.3, -0.25) is 9.59 Å². The number of carbonyl (C=O) groups is 2. The summed E-state index contributed by atoms with van der Waals surface area (Å²) in [6, 6.07) is 0. The molecule has 0 atom stereocenters. The van der Waals surface area contributed by atoms with Crippen molar-refractivity contribution in [3.63, 3.8) is 0 Å². The molecule has 0 amide bonds. The second kappa shape index (κ2) is 17.5. The van der Waals surface area contributed by atoms with E-state index in [4.69, 9.17) is 0 Å². The molecule has 96 valence electrons. The van der Waals surface area contributed by atoms with E-state index in [0.717, 1.165) is 12.2 Å². The van der Waals surface area contributed by atoms with Gasteiger partial charge in [0.05, 0.1) is 0 Å². The maximum absolute atomic E-state index is 9.98. The number of carbonyl (C=O) groups excluding carboxylic acids is 2. The van der Waals surface area contributed by atoms with Crippen LogP contribution in [0.3, 0.4) is 0 Å². The second-order valence-corrected chi connectivity index (χ2v) is 2.73. The van der Waals surface area contributed by atoms with Crippen LogP contribution in [0.5, 0.6) is 0 Å². The molecule has 0 radical (unpaired) electrons. The zero-order valence-electron chi connectivity index (χ0n) is 10.0. The Morgan fingerprint density at radius 3 is 0.941 bits per heavy atom. The molecule has 0 aliphatic heterocycles. The molecule has 7 heteroatoms. The van der Waals surface area contributed by atoms with Crippen LogP contribution in [0.15, 0.2) is 23.7 Å². The van der Waals surface area contributed by atoms with Gasteiger partial charge in [-0.05, 0) is 26.0 Å². The van der Waals surface area contributed by atoms with E-state index in [1.54, 1.807) is 0 Å². The Morgan fingerprint density at radius 2 is 0.941 bits per heavy atom. The predicted molar refractivity (Wildman–Crippen MR) is 54.6 cm³/mol. The molecule has 0 saturated heterocycles. The van der Waals surface area contributed by atoms with Gasteiger partial charge < -0.3 is 19.6 Å². The van der Waals surface area contributed by atoms with Gasteiger partial charge in [-0.1, -0.05) is 13.8 Å². The van der Waals surface area contributed by atoms with Crippen molar-refractivity contribution in [3.05, 3.63) is 23.7 Å². The van der Waals surface area contributed by atoms with Gasteiger partial charge in [0.2, 0.25) is 0 Å². The van der Waals surface area contributed by atoms with E-state index >= 15 is 0 Å². The summed E-state index contributed by atoms with van der Waals surface area (Å²) in [6.07, 6.45) is 2.11. The molecule has 0 aliphatic carbocycles. The van der Waals surface area contributed by atoms with Crippen LogP contribution < -0.4 is 19.6 Å². The number of rotatable bonds is 2. The first-order valence-electron chi connectivity index (χ1n) is 3.97. The molecule has 0 unspecified atom stereocenters. The van der Waals surface area contributed by atoms with E-state index in [9.17, 15) is 19.8 Å². The maximum Gasteiger partial charge on any atom is 4.00 e. The average molecular weight is 355 g/mol. The average Bonchev–Trinajstić information content (AvgIpc) is 1.79. The Balaban J connectivity index is -0.0000000480. The van der Waals surface area contributed by atoms with Crippen molar-refractivity contribution >= 4 is 35.5 Å². The molecule has 0 saturated carbocycles. The molecule has 17 heavy (non-hydrogen) atoms. The van der Waals surface area contributed by atoms with E-state index in [0.29, 0.717) is 0 Å². The normalized spacial score (nSPS) is 9.41. The molecule has 4 nitrogen and oxygen atoms in total. The Hall–Kier alpha value is -0.921. The van der Waals surface area contributed by atoms with Crippen molar-refractivity contribution in [2.45, 2.75) is 27.7 Å². The summed E-state index contributed by atoms with van der Waals surface area (Å²) in [5.74, 6) is -0.750. The second-order valence-electron chi connectivity index (χ2n) is 2.73. The van der Waals surface area contributed by atoms with Crippen molar-refractivity contribution in [1.82, 2.24) is 0 Å². The fourth-order valence-electron chi connectivity index (χ4n) is 0.572. The molecular weight excluding hydrogens is 341 g/mol. The molecular formula is C10H14F2O4Sn. The van der Waals surface area contributed by atoms with Crippen LogP contribution >= 0.6 is 0 Å². The Morgan fingerprint density at radius 1 is 0.765 bits per heavy atom. The summed E-state index contributed by atoms with van der Waals surface area (Å²) in [5.41, 5.74) is 0.